The predicted molar refractivity (Wildman–Crippen MR) is 117 cm³/mol. The van der Waals surface area contributed by atoms with Gasteiger partial charge in [-0.3, -0.25) is 19.3 Å². The molecule has 1 aliphatic heterocycles. The van der Waals surface area contributed by atoms with Crippen molar-refractivity contribution in [2.24, 2.45) is 0 Å². The quantitative estimate of drug-likeness (QED) is 0.227. The summed E-state index contributed by atoms with van der Waals surface area (Å²) in [5.41, 5.74) is -1.85. The largest absolute Gasteiger partial charge is 0.454 e. The summed E-state index contributed by atoms with van der Waals surface area (Å²) in [4.78, 5) is 50.5. The van der Waals surface area contributed by atoms with Crippen LogP contribution < -0.4 is 5.32 Å². The molecule has 0 bridgehead atoms. The van der Waals surface area contributed by atoms with Gasteiger partial charge in [0.1, 0.15) is 6.04 Å². The van der Waals surface area contributed by atoms with E-state index in [0.717, 1.165) is 19.1 Å². The van der Waals surface area contributed by atoms with E-state index in [2.05, 4.69) is 5.32 Å². The Kier molecular flexibility index (Phi) is 7.37. The molecule has 0 saturated carbocycles. The molecule has 1 aliphatic rings. The lowest BCUT2D eigenvalue weighted by Gasteiger charge is -2.20. The van der Waals surface area contributed by atoms with E-state index in [-0.39, 0.29) is 36.9 Å². The van der Waals surface area contributed by atoms with Gasteiger partial charge < -0.3 is 10.1 Å². The first-order valence-electron chi connectivity index (χ1n) is 9.13. The molecule has 1 unspecified atom stereocenters. The molecule has 7 nitrogen and oxygen atoms in total. The molecule has 0 aromatic heterocycles. The van der Waals surface area contributed by atoms with Crippen molar-refractivity contribution in [3.63, 3.8) is 0 Å². The third-order valence-electron chi connectivity index (χ3n) is 4.68. The van der Waals surface area contributed by atoms with Gasteiger partial charge >= 0.3 is 12.1 Å². The van der Waals surface area contributed by atoms with E-state index in [4.69, 9.17) is 51.1 Å². The number of halogens is 7. The lowest BCUT2D eigenvalue weighted by molar-refractivity contribution is -0.150. The fraction of sp³-hybridized carbons (Fsp3) is 0.200. The van der Waals surface area contributed by atoms with Gasteiger partial charge in [-0.25, -0.2) is 4.79 Å². The Bertz CT molecular complexity index is 1190. The number of carbonyl (C=O) groups is 4. The Hall–Kier alpha value is -2.53. The van der Waals surface area contributed by atoms with Gasteiger partial charge in [0.15, 0.2) is 6.61 Å². The van der Waals surface area contributed by atoms with E-state index in [1.807, 2.05) is 0 Å². The summed E-state index contributed by atoms with van der Waals surface area (Å²) in [6.45, 7) is 0.251. The molecule has 1 atom stereocenters. The SMILES string of the molecule is CC(C(=O)OCC(=O)Nc1cccc(C(F)(F)F)c1)N1C(=O)c2c(Cl)c(Cl)c(Cl)c(Cl)c2C1=O. The van der Waals surface area contributed by atoms with Gasteiger partial charge in [-0.2, -0.15) is 13.2 Å². The summed E-state index contributed by atoms with van der Waals surface area (Å²) in [6, 6.07) is 2.30. The molecule has 3 rings (SSSR count). The molecule has 34 heavy (non-hydrogen) atoms. The minimum Gasteiger partial charge on any atom is -0.454 e. The van der Waals surface area contributed by atoms with Crippen LogP contribution in [-0.4, -0.2) is 41.2 Å². The Labute approximate surface area is 209 Å². The Morgan fingerprint density at radius 1 is 1.00 bits per heavy atom. The predicted octanol–water partition coefficient (Wildman–Crippen LogP) is 5.49. The van der Waals surface area contributed by atoms with Crippen LogP contribution in [-0.2, 0) is 20.5 Å². The van der Waals surface area contributed by atoms with Crippen molar-refractivity contribution in [1.82, 2.24) is 4.90 Å². The lowest BCUT2D eigenvalue weighted by atomic mass is 10.1. The topological polar surface area (TPSA) is 92.8 Å². The molecular weight excluding hydrogens is 547 g/mol. The number of ether oxygens (including phenoxy) is 1. The van der Waals surface area contributed by atoms with E-state index in [9.17, 15) is 32.3 Å². The summed E-state index contributed by atoms with van der Waals surface area (Å²) in [7, 11) is 0. The number of amides is 3. The number of nitrogens with zero attached hydrogens (tertiary/aromatic N) is 1. The molecule has 2 aromatic rings. The molecule has 180 valence electrons. The average Bonchev–Trinajstić information content (AvgIpc) is 3.03. The highest BCUT2D eigenvalue weighted by atomic mass is 35.5. The van der Waals surface area contributed by atoms with Crippen molar-refractivity contribution >= 4 is 75.8 Å². The number of imide groups is 1. The van der Waals surface area contributed by atoms with E-state index in [1.165, 1.54) is 6.07 Å². The highest BCUT2D eigenvalue weighted by Gasteiger charge is 2.45. The highest BCUT2D eigenvalue weighted by molar-refractivity contribution is 6.55. The normalized spacial score (nSPS) is 14.2. The number of nitrogens with one attached hydrogen (secondary N) is 1. The number of rotatable bonds is 5. The van der Waals surface area contributed by atoms with Gasteiger partial charge in [-0.15, -0.1) is 0 Å². The van der Waals surface area contributed by atoms with Crippen molar-refractivity contribution in [1.29, 1.82) is 0 Å². The Morgan fingerprint density at radius 2 is 1.53 bits per heavy atom. The van der Waals surface area contributed by atoms with Crippen LogP contribution in [0.5, 0.6) is 0 Å². The third kappa shape index (κ3) is 4.81. The van der Waals surface area contributed by atoms with E-state index >= 15 is 0 Å². The molecule has 1 heterocycles. The molecule has 0 saturated heterocycles. The number of hydrogen-bond donors (Lipinski definition) is 1. The minimum absolute atomic E-state index is 0.178. The van der Waals surface area contributed by atoms with E-state index in [1.54, 1.807) is 0 Å². The number of benzene rings is 2. The third-order valence-corrected chi connectivity index (χ3v) is 6.48. The molecule has 0 aliphatic carbocycles. The molecule has 14 heteroatoms. The molecule has 0 spiro atoms. The van der Waals surface area contributed by atoms with Crippen LogP contribution >= 0.6 is 46.4 Å². The molecule has 0 radical (unpaired) electrons. The number of fused-ring (bicyclic) bond motifs is 1. The average molecular weight is 558 g/mol. The van der Waals surface area contributed by atoms with E-state index in [0.29, 0.717) is 11.0 Å². The summed E-state index contributed by atoms with van der Waals surface area (Å²) in [5, 5.41) is 0.991. The zero-order valence-corrected chi connectivity index (χ0v) is 19.8. The minimum atomic E-state index is -4.62. The van der Waals surface area contributed by atoms with Crippen molar-refractivity contribution in [2.75, 3.05) is 11.9 Å². The zero-order chi connectivity index (χ0) is 25.5. The lowest BCUT2D eigenvalue weighted by Crippen LogP contribution is -2.44. The Balaban J connectivity index is 1.69. The van der Waals surface area contributed by atoms with Crippen LogP contribution in [0.2, 0.25) is 20.1 Å². The van der Waals surface area contributed by atoms with Gasteiger partial charge in [0, 0.05) is 5.69 Å². The van der Waals surface area contributed by atoms with Gasteiger partial charge in [0.2, 0.25) is 0 Å². The van der Waals surface area contributed by atoms with Crippen molar-refractivity contribution < 1.29 is 37.1 Å². The number of alkyl halides is 3. The van der Waals surface area contributed by atoms with E-state index < -0.39 is 48.1 Å². The van der Waals surface area contributed by atoms with Crippen LogP contribution in [0.15, 0.2) is 24.3 Å². The second-order valence-corrected chi connectivity index (χ2v) is 8.41. The first-order valence-corrected chi connectivity index (χ1v) is 10.6. The summed E-state index contributed by atoms with van der Waals surface area (Å²) in [6.07, 6.45) is -4.62. The van der Waals surface area contributed by atoms with Gasteiger partial charge in [-0.1, -0.05) is 52.5 Å². The van der Waals surface area contributed by atoms with Gasteiger partial charge in [-0.05, 0) is 25.1 Å². The van der Waals surface area contributed by atoms with Crippen molar-refractivity contribution in [3.05, 3.63) is 61.0 Å². The maximum atomic E-state index is 12.8. The van der Waals surface area contributed by atoms with Crippen molar-refractivity contribution in [3.8, 4) is 0 Å². The number of carbonyl (C=O) groups excluding carboxylic acids is 4. The van der Waals surface area contributed by atoms with Crippen LogP contribution in [0.4, 0.5) is 18.9 Å². The van der Waals surface area contributed by atoms with Gasteiger partial charge in [0.05, 0.1) is 36.8 Å². The van der Waals surface area contributed by atoms with Crippen LogP contribution in [0.1, 0.15) is 33.2 Å². The number of esters is 1. The molecule has 0 fully saturated rings. The smallest absolute Gasteiger partial charge is 0.416 e. The fourth-order valence-corrected chi connectivity index (χ4v) is 4.07. The summed E-state index contributed by atoms with van der Waals surface area (Å²) >= 11 is 23.9. The van der Waals surface area contributed by atoms with Crippen molar-refractivity contribution in [2.45, 2.75) is 19.1 Å². The second-order valence-electron chi connectivity index (χ2n) is 6.90. The van der Waals surface area contributed by atoms with Crippen LogP contribution in [0.25, 0.3) is 0 Å². The molecule has 3 amide bonds. The number of anilines is 1. The van der Waals surface area contributed by atoms with Gasteiger partial charge in [0.25, 0.3) is 17.7 Å². The second kappa shape index (κ2) is 9.61. The summed E-state index contributed by atoms with van der Waals surface area (Å²) < 4.78 is 43.2. The first-order chi connectivity index (χ1) is 15.8. The van der Waals surface area contributed by atoms with Crippen LogP contribution in [0.3, 0.4) is 0 Å². The fourth-order valence-electron chi connectivity index (χ4n) is 3.05. The standard InChI is InChI=1S/C20H11Cl4F3N2O5/c1-7(29-17(31)11-12(18(29)32)14(22)16(24)15(23)13(11)21)19(33)34-6-10(30)28-9-4-2-3-8(5-9)20(25,26)27/h2-5,7H,6H2,1H3,(H,28,30). The Morgan fingerprint density at radius 3 is 2.03 bits per heavy atom. The monoisotopic (exact) mass is 556 g/mol. The van der Waals surface area contributed by atoms with Crippen LogP contribution in [0, 0.1) is 0 Å². The highest BCUT2D eigenvalue weighted by Crippen LogP contribution is 2.45. The molecule has 1 N–H and O–H groups in total. The number of hydrogen-bond acceptors (Lipinski definition) is 5. The summed E-state index contributed by atoms with van der Waals surface area (Å²) in [5.74, 6) is -4.07. The molecule has 2 aromatic carbocycles. The maximum absolute atomic E-state index is 12.8. The first kappa shape index (κ1) is 26.1. The maximum Gasteiger partial charge on any atom is 0.416 e. The zero-order valence-electron chi connectivity index (χ0n) is 16.7. The molecular formula is C20H11Cl4F3N2O5.